The second-order valence-electron chi connectivity index (χ2n) is 7.74. The van der Waals surface area contributed by atoms with Crippen molar-refractivity contribution in [2.24, 2.45) is 12.0 Å². The molecule has 3 aromatic rings. The Morgan fingerprint density at radius 3 is 2.59 bits per heavy atom. The minimum absolute atomic E-state index is 0.200. The van der Waals surface area contributed by atoms with Crippen LogP contribution in [0, 0.1) is 0 Å². The zero-order valence-electron chi connectivity index (χ0n) is 18.7. The number of anilines is 1. The average Bonchev–Trinajstić information content (AvgIpc) is 3.30. The number of aryl methyl sites for hydroxylation is 1. The SMILES string of the molecule is CCOC(=O)C1=C(C)N=c2s/c(=C/c3cnn(C)c3)c(=O)n2C1c1ccc(N(C)C)cc1. The highest BCUT2D eigenvalue weighted by atomic mass is 32.1. The number of nitrogens with zero attached hydrogens (tertiary/aromatic N) is 5. The molecule has 1 aliphatic rings. The smallest absolute Gasteiger partial charge is 0.338 e. The van der Waals surface area contributed by atoms with Crippen LogP contribution < -0.4 is 19.8 Å². The van der Waals surface area contributed by atoms with Gasteiger partial charge in [-0.3, -0.25) is 14.0 Å². The molecule has 166 valence electrons. The first kappa shape index (κ1) is 21.8. The van der Waals surface area contributed by atoms with Gasteiger partial charge in [0.05, 0.1) is 34.6 Å². The summed E-state index contributed by atoms with van der Waals surface area (Å²) in [6.07, 6.45) is 5.34. The molecule has 4 rings (SSSR count). The van der Waals surface area contributed by atoms with Gasteiger partial charge in [0.1, 0.15) is 0 Å². The van der Waals surface area contributed by atoms with Crippen molar-refractivity contribution in [3.8, 4) is 0 Å². The van der Waals surface area contributed by atoms with Crippen molar-refractivity contribution in [3.05, 3.63) is 78.7 Å². The minimum Gasteiger partial charge on any atom is -0.463 e. The lowest BCUT2D eigenvalue weighted by Gasteiger charge is -2.25. The highest BCUT2D eigenvalue weighted by Crippen LogP contribution is 2.31. The van der Waals surface area contributed by atoms with Crippen molar-refractivity contribution in [1.29, 1.82) is 0 Å². The molecule has 1 aliphatic heterocycles. The predicted octanol–water partition coefficient (Wildman–Crippen LogP) is 1.60. The van der Waals surface area contributed by atoms with Crippen molar-refractivity contribution < 1.29 is 9.53 Å². The summed E-state index contributed by atoms with van der Waals surface area (Å²) in [5.74, 6) is -0.461. The molecule has 2 aromatic heterocycles. The standard InChI is InChI=1S/C23H25N5O3S/c1-6-31-22(30)19-14(2)25-23-28(20(19)16-7-9-17(10-8-16)26(3)4)21(29)18(32-23)11-15-12-24-27(5)13-15/h7-13,20H,6H2,1-5H3/b18-11+. The van der Waals surface area contributed by atoms with Gasteiger partial charge in [-0.05, 0) is 37.6 Å². The van der Waals surface area contributed by atoms with Gasteiger partial charge in [0, 0.05) is 38.6 Å². The van der Waals surface area contributed by atoms with Crippen LogP contribution >= 0.6 is 11.3 Å². The first-order chi connectivity index (χ1) is 15.3. The number of fused-ring (bicyclic) bond motifs is 1. The number of rotatable bonds is 5. The number of carbonyl (C=O) groups excluding carboxylic acids is 1. The lowest BCUT2D eigenvalue weighted by atomic mass is 9.95. The molecule has 0 saturated carbocycles. The van der Waals surface area contributed by atoms with E-state index in [2.05, 4.69) is 10.1 Å². The topological polar surface area (TPSA) is 81.7 Å². The van der Waals surface area contributed by atoms with E-state index in [1.54, 1.807) is 35.4 Å². The number of hydrogen-bond acceptors (Lipinski definition) is 7. The maximum Gasteiger partial charge on any atom is 0.338 e. The fourth-order valence-corrected chi connectivity index (χ4v) is 4.77. The quantitative estimate of drug-likeness (QED) is 0.551. The van der Waals surface area contributed by atoms with Gasteiger partial charge in [-0.2, -0.15) is 5.10 Å². The first-order valence-corrected chi connectivity index (χ1v) is 11.1. The van der Waals surface area contributed by atoms with Gasteiger partial charge in [0.15, 0.2) is 4.80 Å². The molecular weight excluding hydrogens is 426 g/mol. The summed E-state index contributed by atoms with van der Waals surface area (Å²) < 4.78 is 9.14. The molecule has 0 aliphatic carbocycles. The van der Waals surface area contributed by atoms with E-state index in [4.69, 9.17) is 4.74 Å². The zero-order chi connectivity index (χ0) is 23.0. The molecular formula is C23H25N5O3S. The molecule has 0 radical (unpaired) electrons. The Balaban J connectivity index is 1.93. The molecule has 1 unspecified atom stereocenters. The normalized spacial score (nSPS) is 16.0. The summed E-state index contributed by atoms with van der Waals surface area (Å²) in [7, 11) is 5.75. The predicted molar refractivity (Wildman–Crippen MR) is 124 cm³/mol. The molecule has 0 fully saturated rings. The van der Waals surface area contributed by atoms with E-state index in [0.29, 0.717) is 20.6 Å². The van der Waals surface area contributed by atoms with E-state index in [9.17, 15) is 9.59 Å². The van der Waals surface area contributed by atoms with Gasteiger partial charge in [0.2, 0.25) is 0 Å². The van der Waals surface area contributed by atoms with Gasteiger partial charge in [-0.25, -0.2) is 9.79 Å². The number of allylic oxidation sites excluding steroid dienone is 1. The summed E-state index contributed by atoms with van der Waals surface area (Å²) in [4.78, 5) is 33.5. The van der Waals surface area contributed by atoms with E-state index in [1.165, 1.54) is 11.3 Å². The van der Waals surface area contributed by atoms with Crippen molar-refractivity contribution in [2.75, 3.05) is 25.6 Å². The molecule has 0 amide bonds. The number of esters is 1. The third-order valence-corrected chi connectivity index (χ3v) is 6.25. The van der Waals surface area contributed by atoms with Crippen LogP contribution in [0.5, 0.6) is 0 Å². The average molecular weight is 452 g/mol. The summed E-state index contributed by atoms with van der Waals surface area (Å²) >= 11 is 1.30. The van der Waals surface area contributed by atoms with Crippen LogP contribution in [0.15, 0.2) is 57.7 Å². The second kappa shape index (κ2) is 8.58. The fraction of sp³-hybridized carbons (Fsp3) is 0.304. The van der Waals surface area contributed by atoms with E-state index >= 15 is 0 Å². The third-order valence-electron chi connectivity index (χ3n) is 5.26. The van der Waals surface area contributed by atoms with Crippen molar-refractivity contribution in [3.63, 3.8) is 0 Å². The third kappa shape index (κ3) is 3.91. The van der Waals surface area contributed by atoms with E-state index in [1.807, 2.05) is 56.5 Å². The lowest BCUT2D eigenvalue weighted by molar-refractivity contribution is -0.139. The van der Waals surface area contributed by atoms with Gasteiger partial charge in [-0.15, -0.1) is 0 Å². The minimum atomic E-state index is -0.613. The molecule has 1 aromatic carbocycles. The maximum atomic E-state index is 13.5. The molecule has 3 heterocycles. The summed E-state index contributed by atoms with van der Waals surface area (Å²) in [5, 5.41) is 4.16. The van der Waals surface area contributed by atoms with E-state index < -0.39 is 12.0 Å². The Hall–Kier alpha value is -3.46. The Bertz CT molecular complexity index is 1380. The monoisotopic (exact) mass is 451 g/mol. The molecule has 32 heavy (non-hydrogen) atoms. The summed E-state index contributed by atoms with van der Waals surface area (Å²) in [6.45, 7) is 3.79. The van der Waals surface area contributed by atoms with E-state index in [-0.39, 0.29) is 12.2 Å². The Labute approximate surface area is 189 Å². The Kier molecular flexibility index (Phi) is 5.84. The first-order valence-electron chi connectivity index (χ1n) is 10.3. The van der Waals surface area contributed by atoms with Crippen LogP contribution in [0.3, 0.4) is 0 Å². The summed E-state index contributed by atoms with van der Waals surface area (Å²) in [5.41, 5.74) is 3.40. The van der Waals surface area contributed by atoms with E-state index in [0.717, 1.165) is 16.8 Å². The maximum absolute atomic E-state index is 13.5. The number of ether oxygens (including phenoxy) is 1. The van der Waals surface area contributed by atoms with Crippen LogP contribution in [0.2, 0.25) is 0 Å². The summed E-state index contributed by atoms with van der Waals surface area (Å²) in [6, 6.07) is 7.21. The van der Waals surface area contributed by atoms with Gasteiger partial charge >= 0.3 is 5.97 Å². The van der Waals surface area contributed by atoms with Crippen LogP contribution in [-0.4, -0.2) is 41.0 Å². The molecule has 0 N–H and O–H groups in total. The number of benzene rings is 1. The number of aromatic nitrogens is 3. The van der Waals surface area contributed by atoms with Crippen LogP contribution in [0.1, 0.15) is 31.0 Å². The van der Waals surface area contributed by atoms with Crippen LogP contribution in [0.4, 0.5) is 5.69 Å². The molecule has 9 heteroatoms. The molecule has 8 nitrogen and oxygen atoms in total. The number of thiazole rings is 1. The largest absolute Gasteiger partial charge is 0.463 e. The number of hydrogen-bond donors (Lipinski definition) is 0. The second-order valence-corrected chi connectivity index (χ2v) is 8.74. The molecule has 0 saturated heterocycles. The molecule has 0 bridgehead atoms. The fourth-order valence-electron chi connectivity index (χ4n) is 3.73. The highest BCUT2D eigenvalue weighted by molar-refractivity contribution is 7.07. The van der Waals surface area contributed by atoms with Crippen molar-refractivity contribution in [2.45, 2.75) is 19.9 Å². The Morgan fingerprint density at radius 2 is 2.00 bits per heavy atom. The van der Waals surface area contributed by atoms with Gasteiger partial charge in [-0.1, -0.05) is 23.5 Å². The van der Waals surface area contributed by atoms with Gasteiger partial charge < -0.3 is 9.64 Å². The molecule has 0 spiro atoms. The zero-order valence-corrected chi connectivity index (χ0v) is 19.5. The number of carbonyl (C=O) groups is 1. The van der Waals surface area contributed by atoms with Crippen LogP contribution in [-0.2, 0) is 16.6 Å². The molecule has 1 atom stereocenters. The van der Waals surface area contributed by atoms with Gasteiger partial charge in [0.25, 0.3) is 5.56 Å². The highest BCUT2D eigenvalue weighted by Gasteiger charge is 2.33. The van der Waals surface area contributed by atoms with Crippen molar-refractivity contribution in [1.82, 2.24) is 14.3 Å². The van der Waals surface area contributed by atoms with Crippen molar-refractivity contribution >= 4 is 29.1 Å². The lowest BCUT2D eigenvalue weighted by Crippen LogP contribution is -2.39. The Morgan fingerprint density at radius 1 is 1.28 bits per heavy atom. The van der Waals surface area contributed by atoms with Crippen LogP contribution in [0.25, 0.3) is 6.08 Å².